The SMILES string of the molecule is C[C@](O)(NS(=O)(=O)N1CCC(C(=O)c2ccc(Oc3ccccc3)cc2)CC1)C(N)=O. The molecule has 1 amide bonds. The molecule has 0 aliphatic carbocycles. The Kier molecular flexibility index (Phi) is 6.75. The lowest BCUT2D eigenvalue weighted by Gasteiger charge is -2.32. The molecule has 1 aliphatic heterocycles. The number of nitrogens with two attached hydrogens (primary N) is 1. The molecule has 166 valence electrons. The van der Waals surface area contributed by atoms with Crippen molar-refractivity contribution >= 4 is 21.9 Å². The van der Waals surface area contributed by atoms with Gasteiger partial charge in [0.1, 0.15) is 11.5 Å². The van der Waals surface area contributed by atoms with Crippen molar-refractivity contribution in [3.8, 4) is 11.5 Å². The summed E-state index contributed by atoms with van der Waals surface area (Å²) in [5.74, 6) is -0.305. The highest BCUT2D eigenvalue weighted by molar-refractivity contribution is 7.87. The number of amides is 1. The summed E-state index contributed by atoms with van der Waals surface area (Å²) in [6.45, 7) is 1.12. The van der Waals surface area contributed by atoms with Gasteiger partial charge in [0.2, 0.25) is 5.72 Å². The molecular formula is C21H25N3O6S. The van der Waals surface area contributed by atoms with Crippen LogP contribution in [0.1, 0.15) is 30.1 Å². The summed E-state index contributed by atoms with van der Waals surface area (Å²) < 4.78 is 33.5. The first-order valence-corrected chi connectivity index (χ1v) is 11.2. The Bertz CT molecular complexity index is 1030. The molecule has 0 unspecified atom stereocenters. The third-order valence-electron chi connectivity index (χ3n) is 5.09. The molecule has 2 aromatic rings. The van der Waals surface area contributed by atoms with Gasteiger partial charge in [-0.2, -0.15) is 17.4 Å². The molecule has 31 heavy (non-hydrogen) atoms. The van der Waals surface area contributed by atoms with E-state index in [1.54, 1.807) is 24.3 Å². The van der Waals surface area contributed by atoms with Gasteiger partial charge < -0.3 is 15.6 Å². The number of primary amides is 1. The van der Waals surface area contributed by atoms with E-state index in [4.69, 9.17) is 10.5 Å². The van der Waals surface area contributed by atoms with Crippen molar-refractivity contribution in [1.29, 1.82) is 0 Å². The number of carbonyl (C=O) groups is 2. The lowest BCUT2D eigenvalue weighted by Crippen LogP contribution is -2.59. The summed E-state index contributed by atoms with van der Waals surface area (Å²) in [7, 11) is -4.13. The number of ketones is 1. The van der Waals surface area contributed by atoms with Crippen LogP contribution < -0.4 is 15.2 Å². The molecule has 1 atom stereocenters. The number of hydrogen-bond donors (Lipinski definition) is 3. The zero-order valence-corrected chi connectivity index (χ0v) is 17.8. The molecule has 10 heteroatoms. The monoisotopic (exact) mass is 447 g/mol. The smallest absolute Gasteiger partial charge is 0.282 e. The lowest BCUT2D eigenvalue weighted by molar-refractivity contribution is -0.135. The largest absolute Gasteiger partial charge is 0.457 e. The van der Waals surface area contributed by atoms with E-state index in [1.165, 1.54) is 0 Å². The van der Waals surface area contributed by atoms with Crippen LogP contribution in [0, 0.1) is 5.92 Å². The second kappa shape index (κ2) is 9.15. The molecule has 0 saturated carbocycles. The van der Waals surface area contributed by atoms with Gasteiger partial charge in [0.15, 0.2) is 5.78 Å². The average Bonchev–Trinajstić information content (AvgIpc) is 2.74. The zero-order chi connectivity index (χ0) is 22.6. The molecule has 0 bridgehead atoms. The van der Waals surface area contributed by atoms with Crippen LogP contribution in [0.3, 0.4) is 0 Å². The molecule has 9 nitrogen and oxygen atoms in total. The van der Waals surface area contributed by atoms with Crippen molar-refractivity contribution in [2.45, 2.75) is 25.5 Å². The van der Waals surface area contributed by atoms with Crippen LogP contribution in [0.4, 0.5) is 0 Å². The van der Waals surface area contributed by atoms with E-state index in [-0.39, 0.29) is 24.8 Å². The minimum atomic E-state index is -4.13. The maximum Gasteiger partial charge on any atom is 0.282 e. The second-order valence-corrected chi connectivity index (χ2v) is 9.19. The number of benzene rings is 2. The Morgan fingerprint density at radius 2 is 1.61 bits per heavy atom. The third kappa shape index (κ3) is 5.67. The Hall–Kier alpha value is -2.79. The number of hydrogen-bond acceptors (Lipinski definition) is 6. The van der Waals surface area contributed by atoms with Crippen molar-refractivity contribution in [1.82, 2.24) is 9.03 Å². The number of para-hydroxylation sites is 1. The highest BCUT2D eigenvalue weighted by atomic mass is 32.2. The molecule has 1 heterocycles. The lowest BCUT2D eigenvalue weighted by atomic mass is 9.89. The average molecular weight is 448 g/mol. The van der Waals surface area contributed by atoms with E-state index in [1.807, 2.05) is 35.1 Å². The van der Waals surface area contributed by atoms with Gasteiger partial charge in [-0.3, -0.25) is 9.59 Å². The summed E-state index contributed by atoms with van der Waals surface area (Å²) >= 11 is 0. The Morgan fingerprint density at radius 3 is 2.16 bits per heavy atom. The fourth-order valence-corrected chi connectivity index (χ4v) is 4.70. The standard InChI is InChI=1S/C21H25N3O6S/c1-21(27,20(22)26)23-31(28,29)24-13-11-16(12-14-24)19(25)15-7-9-18(10-8-15)30-17-5-3-2-4-6-17/h2-10,16,23,27H,11-14H2,1H3,(H2,22,26)/t21-/m1/s1. The summed E-state index contributed by atoms with van der Waals surface area (Å²) in [5.41, 5.74) is 3.13. The minimum Gasteiger partial charge on any atom is -0.457 e. The normalized spacial score (nSPS) is 17.6. The van der Waals surface area contributed by atoms with Gasteiger partial charge in [-0.25, -0.2) is 0 Å². The van der Waals surface area contributed by atoms with E-state index in [2.05, 4.69) is 0 Å². The fraction of sp³-hybridized carbons (Fsp3) is 0.333. The van der Waals surface area contributed by atoms with Gasteiger partial charge in [-0.05, 0) is 56.2 Å². The number of nitrogens with one attached hydrogen (secondary N) is 1. The van der Waals surface area contributed by atoms with Gasteiger partial charge >= 0.3 is 0 Å². The molecule has 1 aliphatic rings. The summed E-state index contributed by atoms with van der Waals surface area (Å²) in [6, 6.07) is 16.1. The van der Waals surface area contributed by atoms with Crippen LogP contribution in [-0.2, 0) is 15.0 Å². The number of carbonyl (C=O) groups excluding carboxylic acids is 2. The Labute approximate surface area is 181 Å². The number of piperidine rings is 1. The molecule has 2 aromatic carbocycles. The third-order valence-corrected chi connectivity index (χ3v) is 6.79. The molecular weight excluding hydrogens is 422 g/mol. The van der Waals surface area contributed by atoms with Crippen LogP contribution in [0.15, 0.2) is 54.6 Å². The zero-order valence-electron chi connectivity index (χ0n) is 17.0. The minimum absolute atomic E-state index is 0.0691. The summed E-state index contributed by atoms with van der Waals surface area (Å²) in [5, 5.41) is 9.81. The summed E-state index contributed by atoms with van der Waals surface area (Å²) in [6.07, 6.45) is 0.640. The molecule has 0 aromatic heterocycles. The van der Waals surface area contributed by atoms with Crippen LogP contribution in [0.5, 0.6) is 11.5 Å². The highest BCUT2D eigenvalue weighted by Crippen LogP contribution is 2.26. The molecule has 0 radical (unpaired) electrons. The molecule has 3 rings (SSSR count). The van der Waals surface area contributed by atoms with Crippen molar-refractivity contribution in [3.05, 3.63) is 60.2 Å². The van der Waals surface area contributed by atoms with Gasteiger partial charge in [-0.1, -0.05) is 18.2 Å². The van der Waals surface area contributed by atoms with E-state index >= 15 is 0 Å². The number of ether oxygens (including phenoxy) is 1. The summed E-state index contributed by atoms with van der Waals surface area (Å²) in [4.78, 5) is 24.0. The topological polar surface area (TPSA) is 139 Å². The van der Waals surface area contributed by atoms with E-state index in [9.17, 15) is 23.1 Å². The first-order valence-electron chi connectivity index (χ1n) is 9.77. The fourth-order valence-electron chi connectivity index (χ4n) is 3.27. The molecule has 4 N–H and O–H groups in total. The predicted octanol–water partition coefficient (Wildman–Crippen LogP) is 1.40. The van der Waals surface area contributed by atoms with E-state index < -0.39 is 21.8 Å². The van der Waals surface area contributed by atoms with Gasteiger partial charge in [0.25, 0.3) is 16.1 Å². The predicted molar refractivity (Wildman–Crippen MR) is 113 cm³/mol. The first-order chi connectivity index (χ1) is 14.6. The highest BCUT2D eigenvalue weighted by Gasteiger charge is 2.38. The second-order valence-electron chi connectivity index (χ2n) is 7.52. The number of rotatable bonds is 8. The number of Topliss-reactive ketones (excluding diaryl/α,β-unsaturated/α-hetero) is 1. The van der Waals surface area contributed by atoms with Crippen LogP contribution in [0.25, 0.3) is 0 Å². The van der Waals surface area contributed by atoms with Crippen molar-refractivity contribution in [2.24, 2.45) is 11.7 Å². The van der Waals surface area contributed by atoms with Crippen LogP contribution in [0.2, 0.25) is 0 Å². The van der Waals surface area contributed by atoms with Crippen molar-refractivity contribution in [2.75, 3.05) is 13.1 Å². The van der Waals surface area contributed by atoms with Gasteiger partial charge in [0, 0.05) is 24.6 Å². The Balaban J connectivity index is 1.58. The van der Waals surface area contributed by atoms with Crippen LogP contribution in [-0.4, -0.2) is 48.3 Å². The molecule has 1 saturated heterocycles. The quantitative estimate of drug-likeness (QED) is 0.413. The van der Waals surface area contributed by atoms with Crippen molar-refractivity contribution in [3.63, 3.8) is 0 Å². The van der Waals surface area contributed by atoms with Gasteiger partial charge in [0.05, 0.1) is 0 Å². The Morgan fingerprint density at radius 1 is 1.06 bits per heavy atom. The van der Waals surface area contributed by atoms with E-state index in [0.717, 1.165) is 11.2 Å². The first kappa shape index (κ1) is 22.9. The maximum absolute atomic E-state index is 12.8. The molecule has 1 fully saturated rings. The van der Waals surface area contributed by atoms with E-state index in [0.29, 0.717) is 29.9 Å². The number of aliphatic hydroxyl groups is 1. The number of nitrogens with zero attached hydrogens (tertiary/aromatic N) is 1. The van der Waals surface area contributed by atoms with Crippen molar-refractivity contribution < 1.29 is 27.9 Å². The van der Waals surface area contributed by atoms with Crippen LogP contribution >= 0.6 is 0 Å². The maximum atomic E-state index is 12.8. The van der Waals surface area contributed by atoms with Gasteiger partial charge in [-0.15, -0.1) is 0 Å². The molecule has 0 spiro atoms.